The van der Waals surface area contributed by atoms with Crippen molar-refractivity contribution in [3.8, 4) is 0 Å². The molecule has 0 unspecified atom stereocenters. The molecular formula is C8H3Cl2F3O. The van der Waals surface area contributed by atoms with Gasteiger partial charge in [-0.2, -0.15) is 0 Å². The monoisotopic (exact) mass is 242 g/mol. The number of hydrogen-bond donors (Lipinski definition) is 0. The maximum Gasteiger partial charge on any atom is 0.198 e. The fraction of sp³-hybridized carbons (Fsp3) is 0.125. The van der Waals surface area contributed by atoms with Gasteiger partial charge >= 0.3 is 0 Å². The average molecular weight is 243 g/mol. The van der Waals surface area contributed by atoms with Gasteiger partial charge in [-0.05, 0) is 6.07 Å². The minimum absolute atomic E-state index is 0.263. The second-order valence-electron chi connectivity index (χ2n) is 2.41. The second kappa shape index (κ2) is 4.19. The summed E-state index contributed by atoms with van der Waals surface area (Å²) in [7, 11) is 0. The van der Waals surface area contributed by atoms with E-state index in [-0.39, 0.29) is 6.07 Å². The molecule has 76 valence electrons. The van der Waals surface area contributed by atoms with Crippen LogP contribution in [0, 0.1) is 17.5 Å². The molecule has 1 rings (SSSR count). The highest BCUT2D eigenvalue weighted by atomic mass is 35.5. The molecule has 14 heavy (non-hydrogen) atoms. The molecule has 0 bridgehead atoms. The van der Waals surface area contributed by atoms with Crippen molar-refractivity contribution in [3.05, 3.63) is 35.1 Å². The molecule has 0 atom stereocenters. The van der Waals surface area contributed by atoms with Crippen molar-refractivity contribution in [3.63, 3.8) is 0 Å². The van der Waals surface area contributed by atoms with E-state index in [1.807, 2.05) is 0 Å². The lowest BCUT2D eigenvalue weighted by Crippen LogP contribution is -2.11. The van der Waals surface area contributed by atoms with E-state index in [1.165, 1.54) is 0 Å². The maximum atomic E-state index is 12.9. The molecule has 0 aliphatic rings. The molecule has 1 nitrogen and oxygen atoms in total. The summed E-state index contributed by atoms with van der Waals surface area (Å²) in [6.45, 7) is 0. The Kier molecular flexibility index (Phi) is 3.39. The van der Waals surface area contributed by atoms with Crippen LogP contribution in [0.1, 0.15) is 10.4 Å². The van der Waals surface area contributed by atoms with E-state index in [0.29, 0.717) is 6.07 Å². The zero-order valence-corrected chi connectivity index (χ0v) is 8.04. The first-order chi connectivity index (χ1) is 6.43. The van der Waals surface area contributed by atoms with Crippen LogP contribution in [0.2, 0.25) is 0 Å². The van der Waals surface area contributed by atoms with Crippen molar-refractivity contribution in [2.75, 3.05) is 0 Å². The fourth-order valence-corrected chi connectivity index (χ4v) is 1.06. The van der Waals surface area contributed by atoms with Crippen LogP contribution in [-0.4, -0.2) is 10.6 Å². The Hall–Kier alpha value is -0.740. The summed E-state index contributed by atoms with van der Waals surface area (Å²) in [5.41, 5.74) is -0.668. The SMILES string of the molecule is O=C(c1cc(F)c(F)cc1F)C(Cl)Cl. The van der Waals surface area contributed by atoms with Crippen LogP contribution >= 0.6 is 23.2 Å². The molecule has 0 saturated heterocycles. The first-order valence-corrected chi connectivity index (χ1v) is 4.27. The van der Waals surface area contributed by atoms with Crippen LogP contribution in [0.5, 0.6) is 0 Å². The van der Waals surface area contributed by atoms with E-state index in [1.54, 1.807) is 0 Å². The Balaban J connectivity index is 3.22. The molecule has 1 aromatic rings. The molecule has 0 amide bonds. The number of rotatable bonds is 2. The van der Waals surface area contributed by atoms with Gasteiger partial charge in [-0.1, -0.05) is 23.2 Å². The minimum Gasteiger partial charge on any atom is -0.291 e. The van der Waals surface area contributed by atoms with E-state index in [4.69, 9.17) is 23.2 Å². The van der Waals surface area contributed by atoms with Crippen LogP contribution in [0.4, 0.5) is 13.2 Å². The van der Waals surface area contributed by atoms with Gasteiger partial charge in [0.15, 0.2) is 22.3 Å². The summed E-state index contributed by atoms with van der Waals surface area (Å²) < 4.78 is 37.9. The van der Waals surface area contributed by atoms with Crippen molar-refractivity contribution in [2.24, 2.45) is 0 Å². The van der Waals surface area contributed by atoms with Gasteiger partial charge in [0.1, 0.15) is 5.82 Å². The topological polar surface area (TPSA) is 17.1 Å². The van der Waals surface area contributed by atoms with Crippen LogP contribution in [-0.2, 0) is 0 Å². The van der Waals surface area contributed by atoms with Crippen LogP contribution in [0.3, 0.4) is 0 Å². The van der Waals surface area contributed by atoms with Gasteiger partial charge in [-0.25, -0.2) is 13.2 Å². The summed E-state index contributed by atoms with van der Waals surface area (Å²) >= 11 is 10.3. The molecule has 0 aliphatic carbocycles. The van der Waals surface area contributed by atoms with E-state index in [2.05, 4.69) is 0 Å². The molecule has 0 aliphatic heterocycles. The third kappa shape index (κ3) is 2.19. The second-order valence-corrected chi connectivity index (χ2v) is 3.51. The Bertz CT molecular complexity index is 379. The molecule has 0 aromatic heterocycles. The first kappa shape index (κ1) is 11.3. The normalized spacial score (nSPS) is 10.7. The lowest BCUT2D eigenvalue weighted by atomic mass is 10.1. The molecule has 6 heteroatoms. The zero-order chi connectivity index (χ0) is 10.9. The summed E-state index contributed by atoms with van der Waals surface area (Å²) in [5, 5.41) is 0. The molecule has 0 radical (unpaired) electrons. The van der Waals surface area contributed by atoms with Gasteiger partial charge in [-0.3, -0.25) is 4.79 Å². The number of halogens is 5. The van der Waals surface area contributed by atoms with Gasteiger partial charge in [-0.15, -0.1) is 0 Å². The predicted octanol–water partition coefficient (Wildman–Crippen LogP) is 3.09. The first-order valence-electron chi connectivity index (χ1n) is 3.40. The number of hydrogen-bond acceptors (Lipinski definition) is 1. The van der Waals surface area contributed by atoms with Gasteiger partial charge < -0.3 is 0 Å². The standard InChI is InChI=1S/C8H3Cl2F3O/c9-8(10)7(14)3-1-5(12)6(13)2-4(3)11/h1-2,8H. The summed E-state index contributed by atoms with van der Waals surface area (Å²) in [6.07, 6.45) is 0. The smallest absolute Gasteiger partial charge is 0.198 e. The number of alkyl halides is 2. The number of ketones is 1. The molecule has 0 heterocycles. The van der Waals surface area contributed by atoms with Crippen LogP contribution in [0.25, 0.3) is 0 Å². The Morgan fingerprint density at radius 2 is 1.57 bits per heavy atom. The number of carbonyl (C=O) groups is 1. The van der Waals surface area contributed by atoms with Gasteiger partial charge in [0, 0.05) is 6.07 Å². The van der Waals surface area contributed by atoms with Crippen LogP contribution < -0.4 is 0 Å². The highest BCUT2D eigenvalue weighted by Crippen LogP contribution is 2.18. The maximum absolute atomic E-state index is 12.9. The van der Waals surface area contributed by atoms with Crippen molar-refractivity contribution in [1.82, 2.24) is 0 Å². The molecule has 0 saturated carbocycles. The van der Waals surface area contributed by atoms with Gasteiger partial charge in [0.05, 0.1) is 5.56 Å². The summed E-state index contributed by atoms with van der Waals surface area (Å²) in [4.78, 5) is 9.53. The molecule has 0 N–H and O–H groups in total. The molecule has 1 aromatic carbocycles. The lowest BCUT2D eigenvalue weighted by molar-refractivity contribution is 0.100. The highest BCUT2D eigenvalue weighted by Gasteiger charge is 2.20. The molecule has 0 spiro atoms. The zero-order valence-electron chi connectivity index (χ0n) is 6.53. The van der Waals surface area contributed by atoms with Crippen molar-refractivity contribution in [1.29, 1.82) is 0 Å². The largest absolute Gasteiger partial charge is 0.291 e. The highest BCUT2D eigenvalue weighted by molar-refractivity contribution is 6.55. The number of benzene rings is 1. The van der Waals surface area contributed by atoms with E-state index in [9.17, 15) is 18.0 Å². The summed E-state index contributed by atoms with van der Waals surface area (Å²) in [6, 6.07) is 0.684. The van der Waals surface area contributed by atoms with Crippen molar-refractivity contribution < 1.29 is 18.0 Å². The third-order valence-corrected chi connectivity index (χ3v) is 1.87. The Labute approximate surface area is 87.4 Å². The van der Waals surface area contributed by atoms with Crippen molar-refractivity contribution >= 4 is 29.0 Å². The van der Waals surface area contributed by atoms with E-state index in [0.717, 1.165) is 0 Å². The third-order valence-electron chi connectivity index (χ3n) is 1.47. The molecule has 0 fully saturated rings. The quantitative estimate of drug-likeness (QED) is 0.443. The Morgan fingerprint density at radius 3 is 2.07 bits per heavy atom. The van der Waals surface area contributed by atoms with E-state index >= 15 is 0 Å². The Morgan fingerprint density at radius 1 is 1.07 bits per heavy atom. The van der Waals surface area contributed by atoms with Crippen molar-refractivity contribution in [2.45, 2.75) is 4.84 Å². The summed E-state index contributed by atoms with van der Waals surface area (Å²) in [5.74, 6) is -4.91. The number of carbonyl (C=O) groups excluding carboxylic acids is 1. The van der Waals surface area contributed by atoms with Crippen LogP contribution in [0.15, 0.2) is 12.1 Å². The molecular weight excluding hydrogens is 240 g/mol. The fourth-order valence-electron chi connectivity index (χ4n) is 0.829. The predicted molar refractivity (Wildman–Crippen MR) is 46.1 cm³/mol. The van der Waals surface area contributed by atoms with Gasteiger partial charge in [0.2, 0.25) is 0 Å². The van der Waals surface area contributed by atoms with Gasteiger partial charge in [0.25, 0.3) is 0 Å². The van der Waals surface area contributed by atoms with E-state index < -0.39 is 33.6 Å². The number of Topliss-reactive ketones (excluding diaryl/α,β-unsaturated/α-hetero) is 1. The minimum atomic E-state index is -1.51. The lowest BCUT2D eigenvalue weighted by Gasteiger charge is -2.03. The average Bonchev–Trinajstić information content (AvgIpc) is 2.10.